The van der Waals surface area contributed by atoms with Crippen LogP contribution in [0, 0.1) is 0 Å². The third-order valence-corrected chi connectivity index (χ3v) is 6.14. The smallest absolute Gasteiger partial charge is 0.339 e. The summed E-state index contributed by atoms with van der Waals surface area (Å²) in [6, 6.07) is 18.6. The quantitative estimate of drug-likeness (QED) is 0.482. The topological polar surface area (TPSA) is 110 Å². The average molecular weight is 405 g/mol. The zero-order valence-corrected chi connectivity index (χ0v) is 15.4. The van der Waals surface area contributed by atoms with Gasteiger partial charge in [0.2, 0.25) is 0 Å². The van der Waals surface area contributed by atoms with E-state index in [4.69, 9.17) is 4.18 Å². The number of benzene rings is 3. The summed E-state index contributed by atoms with van der Waals surface area (Å²) in [5.74, 6) is -0.843. The van der Waals surface area contributed by atoms with E-state index in [1.54, 1.807) is 24.3 Å². The highest BCUT2D eigenvalue weighted by Crippen LogP contribution is 2.32. The van der Waals surface area contributed by atoms with E-state index in [1.807, 2.05) is 0 Å². The van der Waals surface area contributed by atoms with Crippen LogP contribution in [0.4, 0.5) is 5.69 Å². The normalized spacial score (nSPS) is 11.7. The van der Waals surface area contributed by atoms with E-state index in [9.17, 15) is 21.9 Å². The molecule has 0 radical (unpaired) electrons. The van der Waals surface area contributed by atoms with E-state index in [0.717, 1.165) is 12.1 Å². The molecule has 0 heterocycles. The highest BCUT2D eigenvalue weighted by Gasteiger charge is 2.20. The van der Waals surface area contributed by atoms with Gasteiger partial charge in [-0.3, -0.25) is 4.72 Å². The van der Waals surface area contributed by atoms with Crippen LogP contribution < -0.4 is 8.91 Å². The second-order valence-electron chi connectivity index (χ2n) is 5.45. The molecule has 7 nitrogen and oxygen atoms in total. The van der Waals surface area contributed by atoms with Crippen molar-refractivity contribution in [1.82, 2.24) is 0 Å². The van der Waals surface area contributed by atoms with Crippen molar-refractivity contribution in [1.29, 1.82) is 0 Å². The van der Waals surface area contributed by atoms with Gasteiger partial charge >= 0.3 is 10.1 Å². The van der Waals surface area contributed by atoms with Crippen molar-refractivity contribution >= 4 is 25.8 Å². The lowest BCUT2D eigenvalue weighted by Crippen LogP contribution is -2.13. The Morgan fingerprint density at radius 1 is 0.741 bits per heavy atom. The van der Waals surface area contributed by atoms with Crippen molar-refractivity contribution in [3.05, 3.63) is 78.9 Å². The summed E-state index contributed by atoms with van der Waals surface area (Å²) in [5, 5.41) is 9.89. The summed E-state index contributed by atoms with van der Waals surface area (Å²) in [4.78, 5) is -0.0582. The van der Waals surface area contributed by atoms with Gasteiger partial charge in [-0.2, -0.15) is 8.42 Å². The van der Waals surface area contributed by atoms with Crippen LogP contribution in [0.3, 0.4) is 0 Å². The molecule has 3 aromatic carbocycles. The largest absolute Gasteiger partial charge is 0.504 e. The molecule has 0 aliphatic rings. The first-order chi connectivity index (χ1) is 12.8. The molecule has 3 aromatic rings. The lowest BCUT2D eigenvalue weighted by Gasteiger charge is -2.12. The number of phenols is 1. The van der Waals surface area contributed by atoms with Crippen molar-refractivity contribution in [3.8, 4) is 11.5 Å². The van der Waals surface area contributed by atoms with Crippen molar-refractivity contribution < 1.29 is 26.1 Å². The number of sulfonamides is 1. The molecule has 0 spiro atoms. The molecule has 0 atom stereocenters. The maximum absolute atomic E-state index is 12.4. The zero-order valence-electron chi connectivity index (χ0n) is 13.8. The van der Waals surface area contributed by atoms with E-state index in [-0.39, 0.29) is 15.5 Å². The van der Waals surface area contributed by atoms with Crippen LogP contribution in [0.2, 0.25) is 0 Å². The predicted octanol–water partition coefficient (Wildman–Crippen LogP) is 2.96. The number of hydrogen-bond donors (Lipinski definition) is 2. The molecule has 0 aromatic heterocycles. The fraction of sp³-hybridized carbons (Fsp3) is 0. The first kappa shape index (κ1) is 18.7. The SMILES string of the molecule is O=S(=O)(Nc1ccc(O)c(OS(=O)(=O)c2ccccc2)c1)c1ccccc1. The maximum Gasteiger partial charge on any atom is 0.339 e. The summed E-state index contributed by atoms with van der Waals surface area (Å²) in [5.41, 5.74) is 0.0370. The molecule has 0 bridgehead atoms. The van der Waals surface area contributed by atoms with Crippen molar-refractivity contribution in [2.75, 3.05) is 4.72 Å². The molecule has 0 amide bonds. The van der Waals surface area contributed by atoms with Gasteiger partial charge in [0.1, 0.15) is 4.90 Å². The third-order valence-electron chi connectivity index (χ3n) is 3.50. The minimum absolute atomic E-state index is 0.0370. The molecule has 0 saturated heterocycles. The van der Waals surface area contributed by atoms with Crippen LogP contribution in [-0.2, 0) is 20.1 Å². The number of rotatable bonds is 6. The summed E-state index contributed by atoms with van der Waals surface area (Å²) < 4.78 is 56.6. The molecule has 0 saturated carbocycles. The number of nitrogens with one attached hydrogen (secondary N) is 1. The van der Waals surface area contributed by atoms with E-state index in [2.05, 4.69) is 4.72 Å². The molecular formula is C18H15NO6S2. The summed E-state index contributed by atoms with van der Waals surface area (Å²) in [6.45, 7) is 0. The number of anilines is 1. The van der Waals surface area contributed by atoms with Gasteiger partial charge in [-0.1, -0.05) is 36.4 Å². The fourth-order valence-corrected chi connectivity index (χ4v) is 4.24. The minimum Gasteiger partial charge on any atom is -0.504 e. The van der Waals surface area contributed by atoms with E-state index in [0.29, 0.717) is 0 Å². The molecule has 2 N–H and O–H groups in total. The molecule has 9 heteroatoms. The third kappa shape index (κ3) is 4.39. The molecule has 0 aliphatic carbocycles. The molecule has 140 valence electrons. The summed E-state index contributed by atoms with van der Waals surface area (Å²) in [7, 11) is -8.06. The van der Waals surface area contributed by atoms with Crippen LogP contribution in [0.15, 0.2) is 88.7 Å². The van der Waals surface area contributed by atoms with Gasteiger partial charge in [0.25, 0.3) is 10.0 Å². The molecular weight excluding hydrogens is 390 g/mol. The standard InChI is InChI=1S/C18H15NO6S2/c20-17-12-11-14(19-26(21,22)15-7-3-1-4-8-15)13-18(17)25-27(23,24)16-9-5-2-6-10-16/h1-13,19-20H. The first-order valence-electron chi connectivity index (χ1n) is 7.68. The molecule has 0 aliphatic heterocycles. The Labute approximate surface area is 157 Å². The van der Waals surface area contributed by atoms with Crippen LogP contribution in [0.1, 0.15) is 0 Å². The molecule has 3 rings (SSSR count). The van der Waals surface area contributed by atoms with Gasteiger partial charge in [-0.15, -0.1) is 0 Å². The Morgan fingerprint density at radius 3 is 1.89 bits per heavy atom. The Bertz CT molecular complexity index is 1140. The van der Waals surface area contributed by atoms with Gasteiger partial charge in [-0.05, 0) is 36.4 Å². The predicted molar refractivity (Wildman–Crippen MR) is 99.6 cm³/mol. The van der Waals surface area contributed by atoms with Crippen LogP contribution in [0.5, 0.6) is 11.5 Å². The van der Waals surface area contributed by atoms with Gasteiger partial charge < -0.3 is 9.29 Å². The van der Waals surface area contributed by atoms with Crippen LogP contribution in [-0.4, -0.2) is 21.9 Å². The first-order valence-corrected chi connectivity index (χ1v) is 10.6. The van der Waals surface area contributed by atoms with Crippen molar-refractivity contribution in [2.24, 2.45) is 0 Å². The Kier molecular flexibility index (Phi) is 5.06. The highest BCUT2D eigenvalue weighted by molar-refractivity contribution is 7.92. The fourth-order valence-electron chi connectivity index (χ4n) is 2.21. The number of hydrogen-bond acceptors (Lipinski definition) is 6. The highest BCUT2D eigenvalue weighted by atomic mass is 32.2. The lowest BCUT2D eigenvalue weighted by atomic mass is 10.3. The number of phenolic OH excluding ortho intramolecular Hbond substituents is 1. The Balaban J connectivity index is 1.89. The maximum atomic E-state index is 12.4. The van der Waals surface area contributed by atoms with E-state index >= 15 is 0 Å². The summed E-state index contributed by atoms with van der Waals surface area (Å²) in [6.07, 6.45) is 0. The molecule has 0 fully saturated rings. The van der Waals surface area contributed by atoms with Crippen LogP contribution in [0.25, 0.3) is 0 Å². The van der Waals surface area contributed by atoms with Gasteiger partial charge in [0, 0.05) is 6.07 Å². The number of aromatic hydroxyl groups is 1. The molecule has 0 unspecified atom stereocenters. The Hall–Kier alpha value is -3.04. The second kappa shape index (κ2) is 7.29. The average Bonchev–Trinajstić information content (AvgIpc) is 2.65. The Morgan fingerprint density at radius 2 is 1.30 bits per heavy atom. The minimum atomic E-state index is -4.19. The second-order valence-corrected chi connectivity index (χ2v) is 8.68. The van der Waals surface area contributed by atoms with Gasteiger partial charge in [0.15, 0.2) is 11.5 Å². The monoisotopic (exact) mass is 405 g/mol. The van der Waals surface area contributed by atoms with Gasteiger partial charge in [-0.25, -0.2) is 8.42 Å². The lowest BCUT2D eigenvalue weighted by molar-refractivity contribution is 0.428. The van der Waals surface area contributed by atoms with E-state index < -0.39 is 31.6 Å². The van der Waals surface area contributed by atoms with Gasteiger partial charge in [0.05, 0.1) is 10.6 Å². The zero-order chi connectivity index (χ0) is 19.5. The van der Waals surface area contributed by atoms with Crippen molar-refractivity contribution in [3.63, 3.8) is 0 Å². The van der Waals surface area contributed by atoms with Crippen molar-refractivity contribution in [2.45, 2.75) is 9.79 Å². The van der Waals surface area contributed by atoms with Crippen LogP contribution >= 0.6 is 0 Å². The van der Waals surface area contributed by atoms with E-state index in [1.165, 1.54) is 42.5 Å². The molecule has 27 heavy (non-hydrogen) atoms. The summed E-state index contributed by atoms with van der Waals surface area (Å²) >= 11 is 0.